The maximum Gasteiger partial charge on any atom is 0.334 e. The Morgan fingerprint density at radius 1 is 1.30 bits per heavy atom. The average Bonchev–Trinajstić information content (AvgIpc) is 2.95. The molecule has 5 atom stereocenters. The number of aliphatic hydroxyl groups excluding tert-OH is 2. The molecule has 1 heterocycles. The second-order valence-corrected chi connectivity index (χ2v) is 7.42. The average molecular weight is 420 g/mol. The zero-order chi connectivity index (χ0) is 22.6. The number of allylic oxidation sites excluding steroid dienone is 1. The van der Waals surface area contributed by atoms with Gasteiger partial charge in [0, 0.05) is 24.5 Å². The fourth-order valence-electron chi connectivity index (χ4n) is 3.40. The summed E-state index contributed by atoms with van der Waals surface area (Å²) >= 11 is 0. The number of esters is 3. The van der Waals surface area contributed by atoms with Crippen LogP contribution in [0.1, 0.15) is 34.1 Å². The maximum absolute atomic E-state index is 12.4. The molecule has 0 aromatic carbocycles. The highest BCUT2D eigenvalue weighted by Crippen LogP contribution is 2.36. The highest BCUT2D eigenvalue weighted by Gasteiger charge is 2.44. The zero-order valence-corrected chi connectivity index (χ0v) is 17.6. The van der Waals surface area contributed by atoms with Gasteiger partial charge in [-0.05, 0) is 44.1 Å². The molecule has 2 rings (SSSR count). The van der Waals surface area contributed by atoms with E-state index in [4.69, 9.17) is 14.2 Å². The first-order chi connectivity index (χ1) is 14.1. The minimum absolute atomic E-state index is 0.0187. The Labute approximate surface area is 175 Å². The lowest BCUT2D eigenvalue weighted by Crippen LogP contribution is -2.35. The number of hydrogen-bond donors (Lipinski definition) is 2. The van der Waals surface area contributed by atoms with Crippen LogP contribution in [0.5, 0.6) is 0 Å². The number of ether oxygens (including phenoxy) is 3. The molecule has 1 fully saturated rings. The van der Waals surface area contributed by atoms with Gasteiger partial charge in [-0.3, -0.25) is 4.79 Å². The summed E-state index contributed by atoms with van der Waals surface area (Å²) in [6.45, 7) is 9.47. The summed E-state index contributed by atoms with van der Waals surface area (Å²) in [5.74, 6) is -2.55. The van der Waals surface area contributed by atoms with Crippen LogP contribution in [0.15, 0.2) is 47.1 Å². The molecule has 8 nitrogen and oxygen atoms in total. The van der Waals surface area contributed by atoms with E-state index in [0.29, 0.717) is 11.1 Å². The van der Waals surface area contributed by atoms with Crippen LogP contribution in [0.25, 0.3) is 0 Å². The molecule has 0 saturated carbocycles. The number of carbonyl (C=O) groups excluding carboxylic acids is 3. The summed E-state index contributed by atoms with van der Waals surface area (Å²) in [5.41, 5.74) is 1.19. The minimum atomic E-state index is -1.17. The molecule has 1 aliphatic heterocycles. The van der Waals surface area contributed by atoms with Crippen LogP contribution in [-0.4, -0.2) is 59.1 Å². The van der Waals surface area contributed by atoms with Crippen LogP contribution < -0.4 is 0 Å². The molecule has 2 aliphatic rings. The Morgan fingerprint density at radius 2 is 1.97 bits per heavy atom. The van der Waals surface area contributed by atoms with Gasteiger partial charge in [-0.15, -0.1) is 0 Å². The minimum Gasteiger partial charge on any atom is -0.458 e. The molecule has 164 valence electrons. The van der Waals surface area contributed by atoms with E-state index in [-0.39, 0.29) is 17.6 Å². The van der Waals surface area contributed by atoms with Crippen molar-refractivity contribution in [3.05, 3.63) is 47.1 Å². The first-order valence-electron chi connectivity index (χ1n) is 9.67. The number of aliphatic hydroxyl groups is 2. The fourth-order valence-corrected chi connectivity index (χ4v) is 3.40. The second kappa shape index (κ2) is 9.86. The molecule has 2 N–H and O–H groups in total. The van der Waals surface area contributed by atoms with Crippen molar-refractivity contribution in [3.8, 4) is 0 Å². The summed E-state index contributed by atoms with van der Waals surface area (Å²) in [6, 6.07) is 0. The van der Waals surface area contributed by atoms with E-state index in [1.54, 1.807) is 32.9 Å². The van der Waals surface area contributed by atoms with E-state index in [2.05, 4.69) is 6.58 Å². The third kappa shape index (κ3) is 5.25. The van der Waals surface area contributed by atoms with E-state index in [9.17, 15) is 24.6 Å². The van der Waals surface area contributed by atoms with Crippen molar-refractivity contribution < 1.29 is 38.8 Å². The number of rotatable bonds is 4. The second-order valence-electron chi connectivity index (χ2n) is 7.42. The van der Waals surface area contributed by atoms with Crippen molar-refractivity contribution in [1.82, 2.24) is 0 Å². The quantitative estimate of drug-likeness (QED) is 0.304. The monoisotopic (exact) mass is 420 g/mol. The lowest BCUT2D eigenvalue weighted by molar-refractivity contribution is -0.147. The van der Waals surface area contributed by atoms with Gasteiger partial charge in [0.25, 0.3) is 0 Å². The van der Waals surface area contributed by atoms with Gasteiger partial charge in [0.1, 0.15) is 18.3 Å². The van der Waals surface area contributed by atoms with E-state index in [1.807, 2.05) is 0 Å². The van der Waals surface area contributed by atoms with Gasteiger partial charge in [-0.25, -0.2) is 9.59 Å². The summed E-state index contributed by atoms with van der Waals surface area (Å²) in [4.78, 5) is 36.2. The molecule has 1 aliphatic carbocycles. The lowest BCUT2D eigenvalue weighted by Gasteiger charge is -2.29. The molecule has 30 heavy (non-hydrogen) atoms. The third-order valence-electron chi connectivity index (χ3n) is 5.28. The standard InChI is InChI=1S/C22H28O8/c1-6-11(2)21(26)29-19-8-15(10-23)16(25)9-17(28-14(5)24)12(3)7-18-20(19)13(4)22(27)30-18/h6-8,16-20,23,25H,4,9-10H2,1-3,5H3/b11-6-,12-7-,15-8-/t16-,17-,18+,19+,20-/m0/s1. The van der Waals surface area contributed by atoms with Crippen LogP contribution in [-0.2, 0) is 28.6 Å². The first kappa shape index (κ1) is 23.6. The largest absolute Gasteiger partial charge is 0.458 e. The summed E-state index contributed by atoms with van der Waals surface area (Å²) in [7, 11) is 0. The number of fused-ring (bicyclic) bond motifs is 1. The molecular weight excluding hydrogens is 392 g/mol. The van der Waals surface area contributed by atoms with Crippen LogP contribution in [0.4, 0.5) is 0 Å². The Balaban J connectivity index is 2.56. The molecule has 0 amide bonds. The Bertz CT molecular complexity index is 819. The molecule has 0 radical (unpaired) electrons. The molecule has 0 spiro atoms. The highest BCUT2D eigenvalue weighted by atomic mass is 16.6. The predicted molar refractivity (Wildman–Crippen MR) is 107 cm³/mol. The topological polar surface area (TPSA) is 119 Å². The van der Waals surface area contributed by atoms with Gasteiger partial charge in [0.15, 0.2) is 0 Å². The van der Waals surface area contributed by atoms with Crippen LogP contribution in [0.3, 0.4) is 0 Å². The zero-order valence-electron chi connectivity index (χ0n) is 17.6. The van der Waals surface area contributed by atoms with E-state index in [1.165, 1.54) is 13.0 Å². The Kier molecular flexibility index (Phi) is 7.75. The third-order valence-corrected chi connectivity index (χ3v) is 5.28. The SMILES string of the molecule is C=C1C(=O)O[C@@H]2/C=C(/C)[C@@H](OC(C)=O)C[C@H](O)/C(CO)=C\[C@@H](OC(=O)/C(C)=C\C)[C@@H]12. The number of carbonyl (C=O) groups is 3. The molecule has 0 aromatic heterocycles. The Morgan fingerprint density at radius 3 is 2.53 bits per heavy atom. The lowest BCUT2D eigenvalue weighted by atomic mass is 9.85. The van der Waals surface area contributed by atoms with Crippen LogP contribution >= 0.6 is 0 Å². The molecule has 1 saturated heterocycles. The summed E-state index contributed by atoms with van der Waals surface area (Å²) < 4.78 is 16.3. The molecule has 0 unspecified atom stereocenters. The van der Waals surface area contributed by atoms with Gasteiger partial charge in [-0.2, -0.15) is 0 Å². The van der Waals surface area contributed by atoms with E-state index < -0.39 is 54.8 Å². The van der Waals surface area contributed by atoms with Crippen molar-refractivity contribution in [3.63, 3.8) is 0 Å². The van der Waals surface area contributed by atoms with Gasteiger partial charge >= 0.3 is 17.9 Å². The molecular formula is C22H28O8. The fraction of sp³-hybridized carbons (Fsp3) is 0.500. The Hall–Kier alpha value is -2.71. The predicted octanol–water partition coefficient (Wildman–Crippen LogP) is 1.52. The van der Waals surface area contributed by atoms with Crippen molar-refractivity contribution in [2.75, 3.05) is 6.61 Å². The van der Waals surface area contributed by atoms with Gasteiger partial charge in [0.2, 0.25) is 0 Å². The highest BCUT2D eigenvalue weighted by molar-refractivity contribution is 5.92. The molecule has 8 heteroatoms. The van der Waals surface area contributed by atoms with E-state index >= 15 is 0 Å². The maximum atomic E-state index is 12.4. The van der Waals surface area contributed by atoms with E-state index in [0.717, 1.165) is 0 Å². The van der Waals surface area contributed by atoms with Gasteiger partial charge in [0.05, 0.1) is 18.6 Å². The molecule has 0 aromatic rings. The summed E-state index contributed by atoms with van der Waals surface area (Å²) in [6.07, 6.45) is 0.803. The van der Waals surface area contributed by atoms with Crippen molar-refractivity contribution in [2.45, 2.75) is 58.5 Å². The smallest absolute Gasteiger partial charge is 0.334 e. The van der Waals surface area contributed by atoms with Gasteiger partial charge in [-0.1, -0.05) is 12.7 Å². The summed E-state index contributed by atoms with van der Waals surface area (Å²) in [5, 5.41) is 20.5. The van der Waals surface area contributed by atoms with Crippen LogP contribution in [0.2, 0.25) is 0 Å². The van der Waals surface area contributed by atoms with Crippen molar-refractivity contribution >= 4 is 17.9 Å². The molecule has 0 bridgehead atoms. The number of hydrogen-bond acceptors (Lipinski definition) is 8. The van der Waals surface area contributed by atoms with Crippen LogP contribution in [0, 0.1) is 5.92 Å². The van der Waals surface area contributed by atoms with Gasteiger partial charge < -0.3 is 24.4 Å². The van der Waals surface area contributed by atoms with Crippen molar-refractivity contribution in [2.24, 2.45) is 5.92 Å². The normalized spacial score (nSPS) is 33.4. The first-order valence-corrected chi connectivity index (χ1v) is 9.67. The van der Waals surface area contributed by atoms with Crippen molar-refractivity contribution in [1.29, 1.82) is 0 Å².